The molecule has 23 heavy (non-hydrogen) atoms. The van der Waals surface area contributed by atoms with E-state index in [0.29, 0.717) is 11.6 Å². The fourth-order valence-electron chi connectivity index (χ4n) is 1.96. The molecule has 0 spiro atoms. The van der Waals surface area contributed by atoms with Crippen LogP contribution in [0.5, 0.6) is 0 Å². The fraction of sp³-hybridized carbons (Fsp3) is 0.0625. The largest absolute Gasteiger partial charge is 0.459 e. The van der Waals surface area contributed by atoms with Crippen LogP contribution in [0.3, 0.4) is 0 Å². The van der Waals surface area contributed by atoms with Crippen molar-refractivity contribution in [2.75, 3.05) is 10.6 Å². The second kappa shape index (κ2) is 6.62. The summed E-state index contributed by atoms with van der Waals surface area (Å²) in [5.41, 5.74) is 2.02. The Kier molecular flexibility index (Phi) is 4.38. The van der Waals surface area contributed by atoms with Gasteiger partial charge in [0.25, 0.3) is 5.91 Å². The van der Waals surface area contributed by atoms with Crippen LogP contribution >= 0.6 is 15.9 Å². The number of hydrogen-bond donors (Lipinski definition) is 2. The van der Waals surface area contributed by atoms with E-state index in [1.165, 1.54) is 6.26 Å². The Morgan fingerprint density at radius 2 is 1.91 bits per heavy atom. The summed E-state index contributed by atoms with van der Waals surface area (Å²) < 4.78 is 6.03. The monoisotopic (exact) mass is 372 g/mol. The van der Waals surface area contributed by atoms with E-state index < -0.39 is 0 Å². The Hall–Kier alpha value is -2.67. The average molecular weight is 373 g/mol. The first-order valence-electron chi connectivity index (χ1n) is 6.83. The van der Waals surface area contributed by atoms with Crippen LogP contribution in [0.4, 0.5) is 17.3 Å². The number of amides is 1. The molecule has 2 heterocycles. The van der Waals surface area contributed by atoms with Gasteiger partial charge in [0.2, 0.25) is 0 Å². The number of furan rings is 1. The van der Waals surface area contributed by atoms with Gasteiger partial charge in [0.1, 0.15) is 0 Å². The van der Waals surface area contributed by atoms with Gasteiger partial charge in [-0.1, -0.05) is 15.9 Å². The van der Waals surface area contributed by atoms with Crippen molar-refractivity contribution in [2.45, 2.75) is 6.92 Å². The fourth-order valence-corrected chi connectivity index (χ4v) is 2.43. The smallest absolute Gasteiger partial charge is 0.292 e. The van der Waals surface area contributed by atoms with Gasteiger partial charge in [0, 0.05) is 10.2 Å². The van der Waals surface area contributed by atoms with E-state index in [0.717, 1.165) is 15.7 Å². The third-order valence-electron chi connectivity index (χ3n) is 3.10. The number of nitrogens with one attached hydrogen (secondary N) is 2. The molecule has 0 radical (unpaired) electrons. The first-order chi connectivity index (χ1) is 11.1. The van der Waals surface area contributed by atoms with Gasteiger partial charge in [-0.05, 0) is 55.0 Å². The number of benzene rings is 1. The SMILES string of the molecule is Cc1cc(Br)ccc1Nc1ccc(NC(=O)c2ccco2)nn1. The first kappa shape index (κ1) is 15.2. The molecule has 1 amide bonds. The van der Waals surface area contributed by atoms with Crippen molar-refractivity contribution in [3.05, 3.63) is 64.5 Å². The maximum atomic E-state index is 11.8. The lowest BCUT2D eigenvalue weighted by atomic mass is 10.2. The summed E-state index contributed by atoms with van der Waals surface area (Å²) in [4.78, 5) is 11.8. The van der Waals surface area contributed by atoms with E-state index in [1.54, 1.807) is 24.3 Å². The van der Waals surface area contributed by atoms with Gasteiger partial charge < -0.3 is 15.1 Å². The first-order valence-corrected chi connectivity index (χ1v) is 7.63. The zero-order valence-corrected chi connectivity index (χ0v) is 13.8. The van der Waals surface area contributed by atoms with E-state index in [9.17, 15) is 4.79 Å². The van der Waals surface area contributed by atoms with E-state index >= 15 is 0 Å². The van der Waals surface area contributed by atoms with Crippen LogP contribution in [0.2, 0.25) is 0 Å². The molecule has 0 fully saturated rings. The maximum Gasteiger partial charge on any atom is 0.292 e. The summed E-state index contributed by atoms with van der Waals surface area (Å²) in [6, 6.07) is 12.5. The standard InChI is InChI=1S/C16H13BrN4O2/c1-10-9-11(17)4-5-12(10)18-14-6-7-15(21-20-14)19-16(22)13-3-2-8-23-13/h2-9H,1H3,(H,18,20)(H,19,21,22). The number of halogens is 1. The van der Waals surface area contributed by atoms with Crippen LogP contribution in [-0.2, 0) is 0 Å². The number of anilines is 3. The Morgan fingerprint density at radius 3 is 2.57 bits per heavy atom. The van der Waals surface area contributed by atoms with E-state index in [2.05, 4.69) is 36.8 Å². The average Bonchev–Trinajstić information content (AvgIpc) is 3.06. The Bertz CT molecular complexity index is 817. The molecule has 116 valence electrons. The maximum absolute atomic E-state index is 11.8. The van der Waals surface area contributed by atoms with Gasteiger partial charge in [-0.3, -0.25) is 4.79 Å². The van der Waals surface area contributed by atoms with Crippen molar-refractivity contribution in [3.8, 4) is 0 Å². The van der Waals surface area contributed by atoms with Crippen molar-refractivity contribution in [3.63, 3.8) is 0 Å². The lowest BCUT2D eigenvalue weighted by molar-refractivity contribution is 0.0996. The molecule has 3 rings (SSSR count). The molecule has 0 aliphatic heterocycles. The zero-order chi connectivity index (χ0) is 16.2. The van der Waals surface area contributed by atoms with Gasteiger partial charge in [-0.25, -0.2) is 0 Å². The molecule has 0 saturated heterocycles. The summed E-state index contributed by atoms with van der Waals surface area (Å²) in [5, 5.41) is 13.8. The number of carbonyl (C=O) groups is 1. The third-order valence-corrected chi connectivity index (χ3v) is 3.60. The quantitative estimate of drug-likeness (QED) is 0.719. The molecule has 0 aliphatic rings. The lowest BCUT2D eigenvalue weighted by Gasteiger charge is -2.09. The minimum Gasteiger partial charge on any atom is -0.459 e. The van der Waals surface area contributed by atoms with Crippen LogP contribution in [0.25, 0.3) is 0 Å². The summed E-state index contributed by atoms with van der Waals surface area (Å²) in [6.07, 6.45) is 1.44. The number of aromatic nitrogens is 2. The molecule has 3 aromatic rings. The molecule has 0 unspecified atom stereocenters. The molecule has 7 heteroatoms. The summed E-state index contributed by atoms with van der Waals surface area (Å²) in [6.45, 7) is 2.00. The van der Waals surface area contributed by atoms with Crippen LogP contribution in [-0.4, -0.2) is 16.1 Å². The van der Waals surface area contributed by atoms with E-state index in [-0.39, 0.29) is 11.7 Å². The highest BCUT2D eigenvalue weighted by atomic mass is 79.9. The number of nitrogens with zero attached hydrogens (tertiary/aromatic N) is 2. The van der Waals surface area contributed by atoms with Crippen LogP contribution in [0, 0.1) is 6.92 Å². The Balaban J connectivity index is 1.68. The number of aryl methyl sites for hydroxylation is 1. The molecule has 1 aromatic carbocycles. The van der Waals surface area contributed by atoms with Gasteiger partial charge >= 0.3 is 0 Å². The molecule has 0 bridgehead atoms. The molecule has 0 atom stereocenters. The van der Waals surface area contributed by atoms with Gasteiger partial charge in [0.05, 0.1) is 6.26 Å². The lowest BCUT2D eigenvalue weighted by Crippen LogP contribution is -2.12. The molecule has 0 aliphatic carbocycles. The summed E-state index contributed by atoms with van der Waals surface area (Å²) in [7, 11) is 0. The minimum absolute atomic E-state index is 0.222. The second-order valence-corrected chi connectivity index (χ2v) is 5.74. The van der Waals surface area contributed by atoms with Gasteiger partial charge in [-0.2, -0.15) is 0 Å². The Morgan fingerprint density at radius 1 is 1.13 bits per heavy atom. The summed E-state index contributed by atoms with van der Waals surface area (Å²) in [5.74, 6) is 0.796. The molecular weight excluding hydrogens is 360 g/mol. The molecule has 2 aromatic heterocycles. The third kappa shape index (κ3) is 3.75. The second-order valence-electron chi connectivity index (χ2n) is 4.82. The highest BCUT2D eigenvalue weighted by molar-refractivity contribution is 9.10. The van der Waals surface area contributed by atoms with Crippen molar-refractivity contribution in [1.29, 1.82) is 0 Å². The normalized spacial score (nSPS) is 10.3. The zero-order valence-electron chi connectivity index (χ0n) is 12.2. The predicted molar refractivity (Wildman–Crippen MR) is 90.9 cm³/mol. The van der Waals surface area contributed by atoms with Crippen molar-refractivity contribution >= 4 is 39.2 Å². The molecule has 0 saturated carbocycles. The molecule has 2 N–H and O–H groups in total. The van der Waals surface area contributed by atoms with Crippen molar-refractivity contribution < 1.29 is 9.21 Å². The van der Waals surface area contributed by atoms with Crippen molar-refractivity contribution in [1.82, 2.24) is 10.2 Å². The van der Waals surface area contributed by atoms with Gasteiger partial charge in [0.15, 0.2) is 17.4 Å². The highest BCUT2D eigenvalue weighted by Gasteiger charge is 2.09. The van der Waals surface area contributed by atoms with E-state index in [4.69, 9.17) is 4.42 Å². The van der Waals surface area contributed by atoms with Crippen LogP contribution < -0.4 is 10.6 Å². The topological polar surface area (TPSA) is 80.0 Å². The number of carbonyl (C=O) groups excluding carboxylic acids is 1. The van der Waals surface area contributed by atoms with Crippen LogP contribution in [0.1, 0.15) is 16.1 Å². The number of hydrogen-bond acceptors (Lipinski definition) is 5. The van der Waals surface area contributed by atoms with Gasteiger partial charge in [-0.15, -0.1) is 10.2 Å². The van der Waals surface area contributed by atoms with Crippen molar-refractivity contribution in [2.24, 2.45) is 0 Å². The van der Waals surface area contributed by atoms with Crippen LogP contribution in [0.15, 0.2) is 57.6 Å². The number of rotatable bonds is 4. The Labute approximate surface area is 141 Å². The summed E-state index contributed by atoms with van der Waals surface area (Å²) >= 11 is 3.43. The minimum atomic E-state index is -0.367. The highest BCUT2D eigenvalue weighted by Crippen LogP contribution is 2.23. The predicted octanol–water partition coefficient (Wildman–Crippen LogP) is 4.14. The van der Waals surface area contributed by atoms with E-state index in [1.807, 2.05) is 25.1 Å². The molecular formula is C16H13BrN4O2. The molecule has 6 nitrogen and oxygen atoms in total.